The Balaban J connectivity index is 2.18. The fourth-order valence-electron chi connectivity index (χ4n) is 1.33. The molecule has 0 heterocycles. The molecule has 1 fully saturated rings. The van der Waals surface area contributed by atoms with Gasteiger partial charge < -0.3 is 5.73 Å². The van der Waals surface area contributed by atoms with Crippen molar-refractivity contribution in [3.63, 3.8) is 0 Å². The van der Waals surface area contributed by atoms with Gasteiger partial charge in [-0.05, 0) is 32.4 Å². The molecule has 0 aromatic carbocycles. The van der Waals surface area contributed by atoms with Gasteiger partial charge >= 0.3 is 0 Å². The van der Waals surface area contributed by atoms with Crippen LogP contribution in [0.4, 0.5) is 8.78 Å². The second-order valence-corrected chi connectivity index (χ2v) is 3.26. The van der Waals surface area contributed by atoms with Crippen molar-refractivity contribution in [1.82, 2.24) is 4.90 Å². The highest BCUT2D eigenvalue weighted by Gasteiger charge is 2.29. The molecule has 0 bridgehead atoms. The van der Waals surface area contributed by atoms with E-state index < -0.39 is 6.43 Å². The van der Waals surface area contributed by atoms with Crippen LogP contribution in [0.2, 0.25) is 0 Å². The molecule has 0 aromatic rings. The summed E-state index contributed by atoms with van der Waals surface area (Å²) >= 11 is 0. The Morgan fingerprint density at radius 3 is 2.50 bits per heavy atom. The largest absolute Gasteiger partial charge is 0.330 e. The molecule has 2 nitrogen and oxygen atoms in total. The van der Waals surface area contributed by atoms with Crippen LogP contribution in [-0.2, 0) is 0 Å². The fourth-order valence-corrected chi connectivity index (χ4v) is 1.33. The fraction of sp³-hybridized carbons (Fsp3) is 1.00. The number of halogens is 2. The van der Waals surface area contributed by atoms with Gasteiger partial charge in [-0.15, -0.1) is 0 Å². The van der Waals surface area contributed by atoms with Crippen LogP contribution >= 0.6 is 0 Å². The quantitative estimate of drug-likeness (QED) is 0.659. The Hall–Kier alpha value is -0.220. The maximum atomic E-state index is 12.0. The summed E-state index contributed by atoms with van der Waals surface area (Å²) in [5.41, 5.74) is 5.31. The standard InChI is InChI=1S/C8H16F2N2/c9-8(10)6-12(5-1-4-11)7-2-3-7/h7-8H,1-6,11H2. The summed E-state index contributed by atoms with van der Waals surface area (Å²) < 4.78 is 24.1. The number of hydrogen-bond donors (Lipinski definition) is 1. The van der Waals surface area contributed by atoms with Crippen molar-refractivity contribution in [3.05, 3.63) is 0 Å². The Morgan fingerprint density at radius 1 is 1.42 bits per heavy atom. The number of alkyl halides is 2. The van der Waals surface area contributed by atoms with Crippen molar-refractivity contribution in [2.24, 2.45) is 5.73 Å². The summed E-state index contributed by atoms with van der Waals surface area (Å²) in [6.07, 6.45) is 0.779. The Labute approximate surface area is 71.7 Å². The molecule has 0 aromatic heterocycles. The molecule has 0 radical (unpaired) electrons. The second-order valence-electron chi connectivity index (χ2n) is 3.26. The van der Waals surface area contributed by atoms with Crippen LogP contribution in [-0.4, -0.2) is 37.0 Å². The number of nitrogens with zero attached hydrogens (tertiary/aromatic N) is 1. The third-order valence-electron chi connectivity index (χ3n) is 2.09. The summed E-state index contributed by atoms with van der Waals surface area (Å²) in [7, 11) is 0. The van der Waals surface area contributed by atoms with E-state index >= 15 is 0 Å². The van der Waals surface area contributed by atoms with Crippen molar-refractivity contribution in [1.29, 1.82) is 0 Å². The summed E-state index contributed by atoms with van der Waals surface area (Å²) in [6, 6.07) is 0.422. The second kappa shape index (κ2) is 4.72. The smallest absolute Gasteiger partial charge is 0.251 e. The van der Waals surface area contributed by atoms with Gasteiger partial charge in [0, 0.05) is 6.04 Å². The lowest BCUT2D eigenvalue weighted by Crippen LogP contribution is -2.32. The summed E-state index contributed by atoms with van der Waals surface area (Å²) in [5, 5.41) is 0. The van der Waals surface area contributed by atoms with Gasteiger partial charge in [0.2, 0.25) is 0 Å². The molecular formula is C8H16F2N2. The molecule has 72 valence electrons. The van der Waals surface area contributed by atoms with E-state index in [-0.39, 0.29) is 6.54 Å². The number of hydrogen-bond acceptors (Lipinski definition) is 2. The highest BCUT2D eigenvalue weighted by molar-refractivity contribution is 4.84. The van der Waals surface area contributed by atoms with Gasteiger partial charge in [-0.1, -0.05) is 0 Å². The first-order valence-corrected chi connectivity index (χ1v) is 4.46. The minimum atomic E-state index is -2.21. The van der Waals surface area contributed by atoms with Gasteiger partial charge in [0.15, 0.2) is 0 Å². The first kappa shape index (κ1) is 9.86. The summed E-state index contributed by atoms with van der Waals surface area (Å²) in [6.45, 7) is 1.24. The molecule has 1 saturated carbocycles. The monoisotopic (exact) mass is 178 g/mol. The molecule has 0 saturated heterocycles. The molecule has 0 amide bonds. The van der Waals surface area contributed by atoms with E-state index in [0.29, 0.717) is 12.6 Å². The van der Waals surface area contributed by atoms with Gasteiger partial charge in [-0.3, -0.25) is 4.90 Å². The van der Waals surface area contributed by atoms with Gasteiger partial charge in [-0.25, -0.2) is 8.78 Å². The molecule has 1 aliphatic carbocycles. The van der Waals surface area contributed by atoms with Crippen molar-refractivity contribution >= 4 is 0 Å². The molecule has 4 heteroatoms. The zero-order chi connectivity index (χ0) is 8.97. The van der Waals surface area contributed by atoms with Crippen LogP contribution < -0.4 is 5.73 Å². The van der Waals surface area contributed by atoms with Crippen molar-refractivity contribution in [2.75, 3.05) is 19.6 Å². The molecule has 0 spiro atoms. The maximum absolute atomic E-state index is 12.0. The molecule has 1 rings (SSSR count). The van der Waals surface area contributed by atoms with E-state index in [9.17, 15) is 8.78 Å². The van der Waals surface area contributed by atoms with Crippen molar-refractivity contribution < 1.29 is 8.78 Å². The minimum absolute atomic E-state index is 0.0787. The third-order valence-corrected chi connectivity index (χ3v) is 2.09. The molecule has 12 heavy (non-hydrogen) atoms. The van der Waals surface area contributed by atoms with E-state index in [1.807, 2.05) is 4.90 Å². The lowest BCUT2D eigenvalue weighted by molar-refractivity contribution is 0.0840. The van der Waals surface area contributed by atoms with E-state index in [4.69, 9.17) is 5.73 Å². The van der Waals surface area contributed by atoms with Crippen LogP contribution in [0.15, 0.2) is 0 Å². The van der Waals surface area contributed by atoms with Crippen molar-refractivity contribution in [2.45, 2.75) is 31.7 Å². The van der Waals surface area contributed by atoms with Gasteiger partial charge in [0.1, 0.15) is 0 Å². The predicted molar refractivity (Wildman–Crippen MR) is 44.3 cm³/mol. The zero-order valence-electron chi connectivity index (χ0n) is 7.18. The average Bonchev–Trinajstić information content (AvgIpc) is 2.79. The Morgan fingerprint density at radius 2 is 2.08 bits per heavy atom. The topological polar surface area (TPSA) is 29.3 Å². The van der Waals surface area contributed by atoms with E-state index in [1.54, 1.807) is 0 Å². The van der Waals surface area contributed by atoms with E-state index in [0.717, 1.165) is 25.8 Å². The lowest BCUT2D eigenvalue weighted by Gasteiger charge is -2.20. The zero-order valence-corrected chi connectivity index (χ0v) is 7.18. The molecule has 0 aliphatic heterocycles. The maximum Gasteiger partial charge on any atom is 0.251 e. The SMILES string of the molecule is NCCCN(CC(F)F)C1CC1. The van der Waals surface area contributed by atoms with Gasteiger partial charge in [0.05, 0.1) is 6.54 Å². The van der Waals surface area contributed by atoms with Crippen LogP contribution in [0.3, 0.4) is 0 Å². The molecule has 0 atom stereocenters. The van der Waals surface area contributed by atoms with Crippen LogP contribution in [0.5, 0.6) is 0 Å². The normalized spacial score (nSPS) is 17.8. The first-order valence-electron chi connectivity index (χ1n) is 4.46. The molecule has 0 unspecified atom stereocenters. The highest BCUT2D eigenvalue weighted by atomic mass is 19.3. The lowest BCUT2D eigenvalue weighted by atomic mass is 10.3. The Kier molecular flexibility index (Phi) is 3.88. The highest BCUT2D eigenvalue weighted by Crippen LogP contribution is 2.27. The number of nitrogens with two attached hydrogens (primary N) is 1. The van der Waals surface area contributed by atoms with Gasteiger partial charge in [-0.2, -0.15) is 0 Å². The Bertz CT molecular complexity index is 126. The predicted octanol–water partition coefficient (Wildman–Crippen LogP) is 1.06. The summed E-state index contributed by atoms with van der Waals surface area (Å²) in [4.78, 5) is 1.86. The van der Waals surface area contributed by atoms with Crippen LogP contribution in [0.1, 0.15) is 19.3 Å². The third kappa shape index (κ3) is 3.45. The summed E-state index contributed by atoms with van der Waals surface area (Å²) in [5.74, 6) is 0. The molecule has 1 aliphatic rings. The van der Waals surface area contributed by atoms with Crippen LogP contribution in [0, 0.1) is 0 Å². The van der Waals surface area contributed by atoms with Crippen molar-refractivity contribution in [3.8, 4) is 0 Å². The van der Waals surface area contributed by atoms with Gasteiger partial charge in [0.25, 0.3) is 6.43 Å². The molecule has 2 N–H and O–H groups in total. The molecular weight excluding hydrogens is 162 g/mol. The van der Waals surface area contributed by atoms with E-state index in [2.05, 4.69) is 0 Å². The van der Waals surface area contributed by atoms with Crippen LogP contribution in [0.25, 0.3) is 0 Å². The minimum Gasteiger partial charge on any atom is -0.330 e. The van der Waals surface area contributed by atoms with E-state index in [1.165, 1.54) is 0 Å². The number of rotatable bonds is 6. The first-order chi connectivity index (χ1) is 5.74. The average molecular weight is 178 g/mol.